The molecular formula is C28H29N3O5. The molecule has 2 aromatic carbocycles. The van der Waals surface area contributed by atoms with Crippen molar-refractivity contribution in [1.29, 1.82) is 0 Å². The van der Waals surface area contributed by atoms with Gasteiger partial charge < -0.3 is 24.9 Å². The van der Waals surface area contributed by atoms with E-state index in [1.807, 2.05) is 36.5 Å². The summed E-state index contributed by atoms with van der Waals surface area (Å²) < 4.78 is 11.7. The molecule has 2 heterocycles. The second-order valence-electron chi connectivity index (χ2n) is 8.42. The highest BCUT2D eigenvalue weighted by atomic mass is 16.5. The molecule has 0 bridgehead atoms. The van der Waals surface area contributed by atoms with Crippen molar-refractivity contribution in [3.05, 3.63) is 78.1 Å². The van der Waals surface area contributed by atoms with Crippen LogP contribution in [0.2, 0.25) is 0 Å². The van der Waals surface area contributed by atoms with Gasteiger partial charge >= 0.3 is 5.97 Å². The Kier molecular flexibility index (Phi) is 8.18. The zero-order valence-corrected chi connectivity index (χ0v) is 20.1. The number of benzene rings is 2. The molecule has 0 saturated heterocycles. The first-order valence-corrected chi connectivity index (χ1v) is 11.9. The van der Waals surface area contributed by atoms with Gasteiger partial charge in [0.1, 0.15) is 17.1 Å². The van der Waals surface area contributed by atoms with Crippen LogP contribution in [0.25, 0.3) is 22.2 Å². The summed E-state index contributed by atoms with van der Waals surface area (Å²) in [7, 11) is 0. The number of H-pyrrole nitrogens is 1. The Hall–Kier alpha value is -4.33. The maximum absolute atomic E-state index is 11.1. The van der Waals surface area contributed by atoms with Gasteiger partial charge in [0.2, 0.25) is 5.91 Å². The fourth-order valence-corrected chi connectivity index (χ4v) is 3.83. The van der Waals surface area contributed by atoms with Crippen molar-refractivity contribution < 1.29 is 24.2 Å². The number of rotatable bonds is 12. The van der Waals surface area contributed by atoms with E-state index in [1.165, 1.54) is 6.92 Å². The summed E-state index contributed by atoms with van der Waals surface area (Å²) in [5.41, 5.74) is 4.12. The number of aromatic nitrogens is 2. The van der Waals surface area contributed by atoms with Crippen LogP contribution >= 0.6 is 0 Å². The summed E-state index contributed by atoms with van der Waals surface area (Å²) in [6, 6.07) is 16.5. The van der Waals surface area contributed by atoms with Crippen LogP contribution in [0.5, 0.6) is 11.5 Å². The van der Waals surface area contributed by atoms with Crippen molar-refractivity contribution in [3.8, 4) is 22.6 Å². The van der Waals surface area contributed by atoms with Crippen molar-refractivity contribution in [1.82, 2.24) is 15.3 Å². The number of carbonyl (C=O) groups excluding carboxylic acids is 1. The van der Waals surface area contributed by atoms with Crippen molar-refractivity contribution >= 4 is 22.9 Å². The van der Waals surface area contributed by atoms with Crippen molar-refractivity contribution in [2.24, 2.45) is 0 Å². The molecule has 1 amide bonds. The second-order valence-corrected chi connectivity index (χ2v) is 8.42. The van der Waals surface area contributed by atoms with Crippen LogP contribution in [-0.4, -0.2) is 46.7 Å². The second kappa shape index (κ2) is 11.9. The van der Waals surface area contributed by atoms with E-state index in [4.69, 9.17) is 14.6 Å². The third-order valence-electron chi connectivity index (χ3n) is 5.76. The summed E-state index contributed by atoms with van der Waals surface area (Å²) in [5.74, 6) is 0.535. The fourth-order valence-electron chi connectivity index (χ4n) is 3.83. The van der Waals surface area contributed by atoms with Gasteiger partial charge in [-0.15, -0.1) is 0 Å². The van der Waals surface area contributed by atoms with Gasteiger partial charge in [0.05, 0.1) is 25.0 Å². The molecule has 0 aliphatic rings. The summed E-state index contributed by atoms with van der Waals surface area (Å²) in [6.45, 7) is 3.23. The number of aromatic carboxylic acids is 1. The number of carboxylic acids is 1. The van der Waals surface area contributed by atoms with Gasteiger partial charge in [-0.1, -0.05) is 24.3 Å². The quantitative estimate of drug-likeness (QED) is 0.246. The number of ether oxygens (including phenoxy) is 2. The lowest BCUT2D eigenvalue weighted by Crippen LogP contribution is -2.22. The van der Waals surface area contributed by atoms with E-state index >= 15 is 0 Å². The minimum atomic E-state index is -0.932. The number of amides is 1. The first-order chi connectivity index (χ1) is 17.5. The average Bonchev–Trinajstić information content (AvgIpc) is 3.28. The van der Waals surface area contributed by atoms with E-state index in [0.29, 0.717) is 19.8 Å². The standard InChI is InChI=1S/C28H29N3O5/c1-19(32)29-13-12-23-17-30-27-26(23)16-25(18-31-27)36-15-3-2-14-35-24-10-8-21(9-11-24)20-4-6-22(7-5-20)28(33)34/h4-11,16-18H,2-3,12-15H2,1H3,(H,29,32)(H,30,31)(H,33,34). The molecule has 36 heavy (non-hydrogen) atoms. The SMILES string of the molecule is CC(=O)NCCc1c[nH]c2ncc(OCCCCOc3ccc(-c4ccc(C(=O)O)cc4)cc3)cc12. The number of nitrogens with one attached hydrogen (secondary N) is 2. The molecule has 0 fully saturated rings. The van der Waals surface area contributed by atoms with Crippen molar-refractivity contribution in [3.63, 3.8) is 0 Å². The molecule has 0 aliphatic carbocycles. The molecule has 4 rings (SSSR count). The maximum Gasteiger partial charge on any atom is 0.335 e. The van der Waals surface area contributed by atoms with Gasteiger partial charge in [-0.25, -0.2) is 9.78 Å². The molecule has 0 atom stereocenters. The number of pyridine rings is 1. The van der Waals surface area contributed by atoms with Crippen LogP contribution in [0.3, 0.4) is 0 Å². The average molecular weight is 488 g/mol. The first kappa shape index (κ1) is 24.8. The largest absolute Gasteiger partial charge is 0.494 e. The highest BCUT2D eigenvalue weighted by molar-refractivity contribution is 5.88. The molecule has 0 radical (unpaired) electrons. The van der Waals surface area contributed by atoms with Crippen LogP contribution < -0.4 is 14.8 Å². The van der Waals surface area contributed by atoms with Gasteiger partial charge in [-0.05, 0) is 66.3 Å². The van der Waals surface area contributed by atoms with Gasteiger partial charge in [0.25, 0.3) is 0 Å². The Morgan fingerprint density at radius 1 is 0.944 bits per heavy atom. The van der Waals surface area contributed by atoms with Gasteiger partial charge in [-0.3, -0.25) is 4.79 Å². The minimum Gasteiger partial charge on any atom is -0.494 e. The minimum absolute atomic E-state index is 0.0391. The van der Waals surface area contributed by atoms with E-state index in [9.17, 15) is 9.59 Å². The monoisotopic (exact) mass is 487 g/mol. The summed E-state index contributed by atoms with van der Waals surface area (Å²) in [5, 5.41) is 12.8. The molecule has 0 saturated carbocycles. The normalized spacial score (nSPS) is 10.8. The van der Waals surface area contributed by atoms with Gasteiger partial charge in [-0.2, -0.15) is 0 Å². The lowest BCUT2D eigenvalue weighted by Gasteiger charge is -2.09. The molecule has 186 valence electrons. The number of fused-ring (bicyclic) bond motifs is 1. The number of unbranched alkanes of at least 4 members (excludes halogenated alkanes) is 1. The predicted molar refractivity (Wildman–Crippen MR) is 138 cm³/mol. The molecule has 8 heteroatoms. The van der Waals surface area contributed by atoms with Crippen LogP contribution in [0.15, 0.2) is 67.0 Å². The number of hydrogen-bond donors (Lipinski definition) is 3. The number of carboxylic acid groups (broad SMARTS) is 1. The Labute approximate surface area is 209 Å². The smallest absolute Gasteiger partial charge is 0.335 e. The van der Waals surface area contributed by atoms with E-state index in [1.54, 1.807) is 30.5 Å². The number of hydrogen-bond acceptors (Lipinski definition) is 5. The van der Waals surface area contributed by atoms with Crippen LogP contribution in [0.1, 0.15) is 35.7 Å². The highest BCUT2D eigenvalue weighted by Crippen LogP contribution is 2.24. The van der Waals surface area contributed by atoms with Crippen molar-refractivity contribution in [2.45, 2.75) is 26.2 Å². The zero-order chi connectivity index (χ0) is 25.3. The Bertz CT molecular complexity index is 1310. The van der Waals surface area contributed by atoms with Crippen LogP contribution in [0.4, 0.5) is 0 Å². The lowest BCUT2D eigenvalue weighted by atomic mass is 10.0. The third kappa shape index (κ3) is 6.63. The lowest BCUT2D eigenvalue weighted by molar-refractivity contribution is -0.118. The van der Waals surface area contributed by atoms with Gasteiger partial charge in [0.15, 0.2) is 0 Å². The Morgan fingerprint density at radius 3 is 2.22 bits per heavy atom. The number of nitrogens with zero attached hydrogens (tertiary/aromatic N) is 1. The summed E-state index contributed by atoms with van der Waals surface area (Å²) >= 11 is 0. The van der Waals surface area contributed by atoms with Crippen LogP contribution in [0, 0.1) is 0 Å². The molecule has 0 aliphatic heterocycles. The topological polar surface area (TPSA) is 114 Å². The number of aromatic amines is 1. The van der Waals surface area contributed by atoms with Crippen LogP contribution in [-0.2, 0) is 11.2 Å². The third-order valence-corrected chi connectivity index (χ3v) is 5.76. The Balaban J connectivity index is 1.19. The fraction of sp³-hybridized carbons (Fsp3) is 0.250. The molecule has 4 aromatic rings. The van der Waals surface area contributed by atoms with E-state index < -0.39 is 5.97 Å². The first-order valence-electron chi connectivity index (χ1n) is 11.9. The highest BCUT2D eigenvalue weighted by Gasteiger charge is 2.07. The van der Waals surface area contributed by atoms with Crippen molar-refractivity contribution in [2.75, 3.05) is 19.8 Å². The zero-order valence-electron chi connectivity index (χ0n) is 20.1. The van der Waals surface area contributed by atoms with E-state index in [-0.39, 0.29) is 11.5 Å². The molecule has 2 aromatic heterocycles. The summed E-state index contributed by atoms with van der Waals surface area (Å²) in [4.78, 5) is 29.6. The van der Waals surface area contributed by atoms with E-state index in [2.05, 4.69) is 15.3 Å². The molecule has 0 spiro atoms. The van der Waals surface area contributed by atoms with Gasteiger partial charge in [0, 0.05) is 25.1 Å². The Morgan fingerprint density at radius 2 is 1.58 bits per heavy atom. The molecule has 3 N–H and O–H groups in total. The molecule has 0 unspecified atom stereocenters. The van der Waals surface area contributed by atoms with E-state index in [0.717, 1.165) is 58.5 Å². The number of carbonyl (C=O) groups is 2. The predicted octanol–water partition coefficient (Wildman–Crippen LogP) is 4.84. The molecular weight excluding hydrogens is 458 g/mol. The summed E-state index contributed by atoms with van der Waals surface area (Å²) in [6.07, 6.45) is 6.04. The maximum atomic E-state index is 11.1. The molecule has 8 nitrogen and oxygen atoms in total.